The molecule has 24 heavy (non-hydrogen) atoms. The van der Waals surface area contributed by atoms with E-state index in [9.17, 15) is 9.59 Å². The molecule has 0 spiro atoms. The number of aromatic nitrogens is 2. The molecule has 2 rings (SSSR count). The molecule has 1 aromatic carbocycles. The van der Waals surface area contributed by atoms with Crippen molar-refractivity contribution in [2.45, 2.75) is 43.4 Å². The molecule has 0 bridgehead atoms. The van der Waals surface area contributed by atoms with E-state index in [1.807, 2.05) is 23.9 Å². The molecule has 0 saturated heterocycles. The Bertz CT molecular complexity index is 711. The van der Waals surface area contributed by atoms with Crippen molar-refractivity contribution in [1.29, 1.82) is 0 Å². The largest absolute Gasteiger partial charge is 0.356 e. The lowest BCUT2D eigenvalue weighted by molar-refractivity contribution is -0.120. The first-order valence-corrected chi connectivity index (χ1v) is 8.97. The molecule has 0 aliphatic heterocycles. The molecule has 0 fully saturated rings. The Hall–Kier alpha value is -2.08. The molecule has 128 valence electrons. The van der Waals surface area contributed by atoms with Gasteiger partial charge in [0.1, 0.15) is 0 Å². The zero-order chi connectivity index (χ0) is 17.4. The smallest absolute Gasteiger partial charge is 0.266 e. The Morgan fingerprint density at radius 3 is 2.67 bits per heavy atom. The number of nitrogens with one attached hydrogen (secondary N) is 1. The third-order valence-electron chi connectivity index (χ3n) is 3.31. The van der Waals surface area contributed by atoms with Gasteiger partial charge in [-0.25, -0.2) is 4.68 Å². The highest BCUT2D eigenvalue weighted by atomic mass is 32.2. The summed E-state index contributed by atoms with van der Waals surface area (Å²) in [5, 5.41) is 7.41. The number of thioether (sulfide) groups is 1. The lowest BCUT2D eigenvalue weighted by atomic mass is 10.1. The summed E-state index contributed by atoms with van der Waals surface area (Å²) >= 11 is 1.81. The Labute approximate surface area is 146 Å². The minimum absolute atomic E-state index is 0.00682. The molecule has 5 nitrogen and oxygen atoms in total. The number of benzene rings is 1. The second-order valence-electron chi connectivity index (χ2n) is 5.78. The van der Waals surface area contributed by atoms with Crippen LogP contribution < -0.4 is 10.9 Å². The monoisotopic (exact) mass is 345 g/mol. The maximum Gasteiger partial charge on any atom is 0.266 e. The minimum atomic E-state index is -0.122. The van der Waals surface area contributed by atoms with Crippen LogP contribution in [0.4, 0.5) is 0 Å². The van der Waals surface area contributed by atoms with Gasteiger partial charge in [0.25, 0.3) is 5.56 Å². The van der Waals surface area contributed by atoms with Crippen LogP contribution in [0.25, 0.3) is 0 Å². The van der Waals surface area contributed by atoms with E-state index in [4.69, 9.17) is 0 Å². The zero-order valence-corrected chi connectivity index (χ0v) is 14.9. The lowest BCUT2D eigenvalue weighted by Crippen LogP contribution is -2.28. The van der Waals surface area contributed by atoms with Gasteiger partial charge in [-0.2, -0.15) is 5.10 Å². The molecule has 0 saturated carbocycles. The van der Waals surface area contributed by atoms with Crippen LogP contribution in [0.1, 0.15) is 25.8 Å². The van der Waals surface area contributed by atoms with E-state index in [0.717, 1.165) is 5.56 Å². The van der Waals surface area contributed by atoms with Crippen LogP contribution in [0, 0.1) is 0 Å². The van der Waals surface area contributed by atoms with Crippen molar-refractivity contribution in [2.24, 2.45) is 0 Å². The molecule has 0 radical (unpaired) electrons. The Morgan fingerprint density at radius 1 is 1.25 bits per heavy atom. The van der Waals surface area contributed by atoms with Gasteiger partial charge >= 0.3 is 0 Å². The van der Waals surface area contributed by atoms with Crippen molar-refractivity contribution in [3.05, 3.63) is 58.5 Å². The topological polar surface area (TPSA) is 64.0 Å². The second-order valence-corrected chi connectivity index (χ2v) is 7.43. The first-order valence-electron chi connectivity index (χ1n) is 8.09. The van der Waals surface area contributed by atoms with Crippen LogP contribution in [0.2, 0.25) is 0 Å². The number of rotatable bonds is 8. The standard InChI is InChI=1S/C18H23N3O2S/c1-14(2)24-16-8-6-15(7-9-16)13-17(22)19-10-4-12-21-18(23)5-3-11-20-21/h3,5-9,11,14H,4,10,12-13H2,1-2H3,(H,19,22). The number of nitrogens with zero attached hydrogens (tertiary/aromatic N) is 2. The zero-order valence-electron chi connectivity index (χ0n) is 14.1. The van der Waals surface area contributed by atoms with Crippen molar-refractivity contribution in [3.63, 3.8) is 0 Å². The predicted molar refractivity (Wildman–Crippen MR) is 97.3 cm³/mol. The summed E-state index contributed by atoms with van der Waals surface area (Å²) in [6.07, 6.45) is 2.63. The molecule has 1 aromatic heterocycles. The van der Waals surface area contributed by atoms with Crippen molar-refractivity contribution >= 4 is 17.7 Å². The van der Waals surface area contributed by atoms with Gasteiger partial charge in [-0.1, -0.05) is 26.0 Å². The van der Waals surface area contributed by atoms with Gasteiger partial charge in [-0.05, 0) is 30.2 Å². The molecule has 1 amide bonds. The molecule has 0 unspecified atom stereocenters. The van der Waals surface area contributed by atoms with E-state index in [2.05, 4.69) is 36.4 Å². The van der Waals surface area contributed by atoms with Crippen LogP contribution in [0.3, 0.4) is 0 Å². The van der Waals surface area contributed by atoms with Crippen molar-refractivity contribution in [1.82, 2.24) is 15.1 Å². The number of hydrogen-bond donors (Lipinski definition) is 1. The first kappa shape index (κ1) is 18.3. The van der Waals surface area contributed by atoms with E-state index in [1.165, 1.54) is 15.6 Å². The van der Waals surface area contributed by atoms with Gasteiger partial charge in [0.2, 0.25) is 5.91 Å². The highest BCUT2D eigenvalue weighted by Crippen LogP contribution is 2.22. The van der Waals surface area contributed by atoms with E-state index in [-0.39, 0.29) is 11.5 Å². The van der Waals surface area contributed by atoms with Crippen LogP contribution in [0.15, 0.2) is 52.3 Å². The fourth-order valence-electron chi connectivity index (χ4n) is 2.22. The molecule has 1 heterocycles. The van der Waals surface area contributed by atoms with Gasteiger partial charge in [0.05, 0.1) is 6.42 Å². The van der Waals surface area contributed by atoms with Gasteiger partial charge in [0, 0.05) is 35.5 Å². The average molecular weight is 345 g/mol. The highest BCUT2D eigenvalue weighted by molar-refractivity contribution is 7.99. The van der Waals surface area contributed by atoms with Crippen molar-refractivity contribution in [3.8, 4) is 0 Å². The molecular formula is C18H23N3O2S. The van der Waals surface area contributed by atoms with Crippen molar-refractivity contribution in [2.75, 3.05) is 6.54 Å². The van der Waals surface area contributed by atoms with Gasteiger partial charge in [-0.3, -0.25) is 9.59 Å². The highest BCUT2D eigenvalue weighted by Gasteiger charge is 2.04. The number of carbonyl (C=O) groups is 1. The molecule has 0 atom stereocenters. The Morgan fingerprint density at radius 2 is 2.00 bits per heavy atom. The van der Waals surface area contributed by atoms with Crippen molar-refractivity contribution < 1.29 is 4.79 Å². The third kappa shape index (κ3) is 6.20. The fraction of sp³-hybridized carbons (Fsp3) is 0.389. The Balaban J connectivity index is 1.71. The summed E-state index contributed by atoms with van der Waals surface area (Å²) in [6.45, 7) is 5.35. The molecule has 2 aromatic rings. The first-order chi connectivity index (χ1) is 11.5. The molecular weight excluding hydrogens is 322 g/mol. The summed E-state index contributed by atoms with van der Waals surface area (Å²) in [5.41, 5.74) is 0.879. The Kier molecular flexibility index (Phi) is 7.06. The number of hydrogen-bond acceptors (Lipinski definition) is 4. The van der Waals surface area contributed by atoms with Crippen LogP contribution in [-0.4, -0.2) is 27.5 Å². The fourth-order valence-corrected chi connectivity index (χ4v) is 3.06. The quantitative estimate of drug-likeness (QED) is 0.590. The van der Waals surface area contributed by atoms with E-state index >= 15 is 0 Å². The number of amides is 1. The maximum atomic E-state index is 12.0. The van der Waals surface area contributed by atoms with E-state index in [0.29, 0.717) is 31.2 Å². The molecule has 0 aliphatic carbocycles. The number of carbonyl (C=O) groups excluding carboxylic acids is 1. The second kappa shape index (κ2) is 9.27. The molecule has 1 N–H and O–H groups in total. The summed E-state index contributed by atoms with van der Waals surface area (Å²) in [5.74, 6) is -0.00682. The van der Waals surface area contributed by atoms with E-state index < -0.39 is 0 Å². The van der Waals surface area contributed by atoms with Gasteiger partial charge < -0.3 is 5.32 Å². The van der Waals surface area contributed by atoms with Crippen LogP contribution in [-0.2, 0) is 17.8 Å². The van der Waals surface area contributed by atoms with E-state index in [1.54, 1.807) is 12.3 Å². The molecule has 6 heteroatoms. The summed E-state index contributed by atoms with van der Waals surface area (Å²) in [4.78, 5) is 24.7. The minimum Gasteiger partial charge on any atom is -0.356 e. The third-order valence-corrected chi connectivity index (χ3v) is 4.33. The number of aryl methyl sites for hydroxylation is 1. The van der Waals surface area contributed by atoms with Crippen LogP contribution >= 0.6 is 11.8 Å². The summed E-state index contributed by atoms with van der Waals surface area (Å²) in [6, 6.07) is 11.2. The van der Waals surface area contributed by atoms with Crippen LogP contribution in [0.5, 0.6) is 0 Å². The summed E-state index contributed by atoms with van der Waals surface area (Å²) < 4.78 is 1.40. The average Bonchev–Trinajstić information content (AvgIpc) is 2.54. The lowest BCUT2D eigenvalue weighted by Gasteiger charge is -2.08. The maximum absolute atomic E-state index is 12.0. The summed E-state index contributed by atoms with van der Waals surface area (Å²) in [7, 11) is 0. The SMILES string of the molecule is CC(C)Sc1ccc(CC(=O)NCCCn2ncccc2=O)cc1. The normalized spacial score (nSPS) is 10.8. The van der Waals surface area contributed by atoms with Gasteiger partial charge in [0.15, 0.2) is 0 Å². The molecule has 0 aliphatic rings. The van der Waals surface area contributed by atoms with Gasteiger partial charge in [-0.15, -0.1) is 11.8 Å². The predicted octanol–water partition coefficient (Wildman–Crippen LogP) is 2.49.